The average Bonchev–Trinajstić information content (AvgIpc) is 3.50. The van der Waals surface area contributed by atoms with Gasteiger partial charge < -0.3 is 24.4 Å². The minimum absolute atomic E-state index is 0.0613. The van der Waals surface area contributed by atoms with Crippen molar-refractivity contribution in [2.45, 2.75) is 18.2 Å². The molecular weight excluding hydrogens is 394 g/mol. The molecule has 8 nitrogen and oxygen atoms in total. The molecule has 4 atom stereocenters. The molecule has 4 aliphatic rings. The van der Waals surface area contributed by atoms with Crippen LogP contribution >= 0.6 is 11.3 Å². The van der Waals surface area contributed by atoms with Gasteiger partial charge in [0.25, 0.3) is 0 Å². The zero-order valence-electron chi connectivity index (χ0n) is 15.2. The standard InChI is InChI=1S/C20H17N3O5S/c24-17(22-19-21-5-6-29-19)15-13-3-4-20(28-13)9-23(18(25)16(15)20)8-11-1-2-12-14(7-11)27-10-26-12/h1-7,13,15-16H,8-10H2,(H,21,22,24)/t13-,15-,16+,20-/m1/s1. The van der Waals surface area contributed by atoms with E-state index in [9.17, 15) is 9.59 Å². The first-order chi connectivity index (χ1) is 14.1. The predicted molar refractivity (Wildman–Crippen MR) is 102 cm³/mol. The summed E-state index contributed by atoms with van der Waals surface area (Å²) in [4.78, 5) is 32.1. The van der Waals surface area contributed by atoms with E-state index >= 15 is 0 Å². The molecule has 29 heavy (non-hydrogen) atoms. The Morgan fingerprint density at radius 2 is 2.24 bits per heavy atom. The minimum Gasteiger partial charge on any atom is -0.454 e. The third-order valence-corrected chi connectivity index (χ3v) is 6.64. The summed E-state index contributed by atoms with van der Waals surface area (Å²) in [7, 11) is 0. The molecule has 2 fully saturated rings. The smallest absolute Gasteiger partial charge is 0.233 e. The van der Waals surface area contributed by atoms with Gasteiger partial charge in [-0.15, -0.1) is 11.3 Å². The van der Waals surface area contributed by atoms with Gasteiger partial charge in [0, 0.05) is 18.1 Å². The lowest BCUT2D eigenvalue weighted by Gasteiger charge is -2.23. The van der Waals surface area contributed by atoms with Crippen molar-refractivity contribution in [2.24, 2.45) is 11.8 Å². The summed E-state index contributed by atoms with van der Waals surface area (Å²) in [5.74, 6) is 0.0314. The predicted octanol–water partition coefficient (Wildman–Crippen LogP) is 1.79. The lowest BCUT2D eigenvalue weighted by molar-refractivity contribution is -0.136. The third kappa shape index (κ3) is 2.50. The van der Waals surface area contributed by atoms with Gasteiger partial charge >= 0.3 is 0 Å². The highest BCUT2D eigenvalue weighted by molar-refractivity contribution is 7.13. The molecule has 0 aliphatic carbocycles. The molecule has 5 heterocycles. The number of ether oxygens (including phenoxy) is 3. The number of hydrogen-bond acceptors (Lipinski definition) is 7. The van der Waals surface area contributed by atoms with Crippen LogP contribution in [0.4, 0.5) is 5.13 Å². The van der Waals surface area contributed by atoms with Crippen molar-refractivity contribution in [3.05, 3.63) is 47.5 Å². The van der Waals surface area contributed by atoms with Gasteiger partial charge in [0.1, 0.15) is 5.60 Å². The Morgan fingerprint density at radius 1 is 1.34 bits per heavy atom. The Bertz CT molecular complexity index is 1040. The molecule has 0 unspecified atom stereocenters. The fraction of sp³-hybridized carbons (Fsp3) is 0.350. The first kappa shape index (κ1) is 17.0. The average molecular weight is 411 g/mol. The number of hydrogen-bond donors (Lipinski definition) is 1. The van der Waals surface area contributed by atoms with Gasteiger partial charge in [0.05, 0.1) is 24.5 Å². The maximum absolute atomic E-state index is 13.3. The Balaban J connectivity index is 1.25. The van der Waals surface area contributed by atoms with Crippen LogP contribution in [0.3, 0.4) is 0 Å². The summed E-state index contributed by atoms with van der Waals surface area (Å²) < 4.78 is 16.9. The largest absolute Gasteiger partial charge is 0.454 e. The van der Waals surface area contributed by atoms with Crippen LogP contribution in [-0.4, -0.2) is 46.7 Å². The van der Waals surface area contributed by atoms with Crippen molar-refractivity contribution < 1.29 is 23.8 Å². The normalized spacial score (nSPS) is 30.8. The van der Waals surface area contributed by atoms with Crippen molar-refractivity contribution in [2.75, 3.05) is 18.7 Å². The van der Waals surface area contributed by atoms with E-state index in [2.05, 4.69) is 10.3 Å². The number of nitrogens with zero attached hydrogens (tertiary/aromatic N) is 2. The summed E-state index contributed by atoms with van der Waals surface area (Å²) in [5, 5.41) is 5.14. The van der Waals surface area contributed by atoms with E-state index in [1.54, 1.807) is 16.5 Å². The van der Waals surface area contributed by atoms with Crippen LogP contribution in [0.1, 0.15) is 5.56 Å². The number of thiazole rings is 1. The van der Waals surface area contributed by atoms with Crippen LogP contribution in [0, 0.1) is 11.8 Å². The van der Waals surface area contributed by atoms with Gasteiger partial charge in [-0.1, -0.05) is 18.2 Å². The SMILES string of the molecule is O=C(Nc1nccs1)[C@H]1[C@H]2C(=O)N(Cc3ccc4c(c3)OCO4)C[C@]23C=C[C@H]1O3. The minimum atomic E-state index is -0.733. The summed E-state index contributed by atoms with van der Waals surface area (Å²) in [6.07, 6.45) is 5.11. The second-order valence-corrected chi connectivity index (χ2v) is 8.50. The van der Waals surface area contributed by atoms with Gasteiger partial charge in [0.15, 0.2) is 16.6 Å². The molecule has 1 aromatic carbocycles. The van der Waals surface area contributed by atoms with E-state index in [1.807, 2.05) is 30.4 Å². The van der Waals surface area contributed by atoms with E-state index < -0.39 is 17.4 Å². The zero-order valence-corrected chi connectivity index (χ0v) is 16.1. The molecule has 2 aromatic rings. The van der Waals surface area contributed by atoms with Crippen molar-refractivity contribution >= 4 is 28.3 Å². The molecule has 6 rings (SSSR count). The van der Waals surface area contributed by atoms with E-state index in [4.69, 9.17) is 14.2 Å². The fourth-order valence-electron chi connectivity index (χ4n) is 4.75. The molecule has 1 spiro atoms. The fourth-order valence-corrected chi connectivity index (χ4v) is 5.28. The molecule has 0 saturated carbocycles. The van der Waals surface area contributed by atoms with Crippen LogP contribution in [0.5, 0.6) is 11.5 Å². The second kappa shape index (κ2) is 6.04. The molecule has 148 valence electrons. The van der Waals surface area contributed by atoms with Gasteiger partial charge in [-0.05, 0) is 17.7 Å². The Hall–Kier alpha value is -2.91. The highest BCUT2D eigenvalue weighted by Crippen LogP contribution is 2.52. The second-order valence-electron chi connectivity index (χ2n) is 7.61. The first-order valence-corrected chi connectivity index (χ1v) is 10.3. The molecule has 2 amide bonds. The van der Waals surface area contributed by atoms with E-state index in [0.717, 1.165) is 5.56 Å². The lowest BCUT2D eigenvalue weighted by atomic mass is 9.77. The van der Waals surface area contributed by atoms with Gasteiger partial charge in [-0.25, -0.2) is 4.98 Å². The number of benzene rings is 1. The number of carbonyl (C=O) groups is 2. The topological polar surface area (TPSA) is 90.0 Å². The quantitative estimate of drug-likeness (QED) is 0.772. The number of fused-ring (bicyclic) bond motifs is 2. The highest BCUT2D eigenvalue weighted by atomic mass is 32.1. The van der Waals surface area contributed by atoms with Crippen LogP contribution < -0.4 is 14.8 Å². The van der Waals surface area contributed by atoms with Crippen molar-refractivity contribution in [3.63, 3.8) is 0 Å². The number of rotatable bonds is 4. The Kier molecular flexibility index (Phi) is 3.54. The van der Waals surface area contributed by atoms with Crippen LogP contribution in [-0.2, 0) is 20.9 Å². The molecule has 1 aromatic heterocycles. The van der Waals surface area contributed by atoms with E-state index in [-0.39, 0.29) is 24.7 Å². The molecule has 2 saturated heterocycles. The Labute approximate surface area is 170 Å². The number of nitrogens with one attached hydrogen (secondary N) is 1. The number of aromatic nitrogens is 1. The van der Waals surface area contributed by atoms with Crippen LogP contribution in [0.2, 0.25) is 0 Å². The maximum atomic E-state index is 13.3. The summed E-state index contributed by atoms with van der Waals surface area (Å²) >= 11 is 1.35. The van der Waals surface area contributed by atoms with E-state index in [1.165, 1.54) is 11.3 Å². The molecule has 4 aliphatic heterocycles. The summed E-state index contributed by atoms with van der Waals surface area (Å²) in [6.45, 7) is 1.07. The third-order valence-electron chi connectivity index (χ3n) is 5.95. The first-order valence-electron chi connectivity index (χ1n) is 9.38. The zero-order chi connectivity index (χ0) is 19.6. The van der Waals surface area contributed by atoms with Gasteiger partial charge in [0.2, 0.25) is 18.6 Å². The summed E-state index contributed by atoms with van der Waals surface area (Å²) in [5.41, 5.74) is 0.212. The van der Waals surface area contributed by atoms with Crippen LogP contribution in [0.15, 0.2) is 41.9 Å². The molecular formula is C20H17N3O5S. The van der Waals surface area contributed by atoms with Gasteiger partial charge in [-0.3, -0.25) is 9.59 Å². The molecule has 0 radical (unpaired) electrons. The molecule has 2 bridgehead atoms. The number of amides is 2. The van der Waals surface area contributed by atoms with Crippen molar-refractivity contribution in [1.29, 1.82) is 0 Å². The number of anilines is 1. The van der Waals surface area contributed by atoms with Gasteiger partial charge in [-0.2, -0.15) is 0 Å². The van der Waals surface area contributed by atoms with E-state index in [0.29, 0.717) is 29.7 Å². The van der Waals surface area contributed by atoms with Crippen LogP contribution in [0.25, 0.3) is 0 Å². The lowest BCUT2D eigenvalue weighted by Crippen LogP contribution is -2.41. The number of carbonyl (C=O) groups excluding carboxylic acids is 2. The monoisotopic (exact) mass is 411 g/mol. The number of likely N-dealkylation sites (tertiary alicyclic amines) is 1. The highest BCUT2D eigenvalue weighted by Gasteiger charge is 2.66. The molecule has 9 heteroatoms. The summed E-state index contributed by atoms with van der Waals surface area (Å²) in [6, 6.07) is 5.67. The molecule has 1 N–H and O–H groups in total. The maximum Gasteiger partial charge on any atom is 0.233 e. The van der Waals surface area contributed by atoms with Crippen molar-refractivity contribution in [1.82, 2.24) is 9.88 Å². The Morgan fingerprint density at radius 3 is 3.10 bits per heavy atom. The van der Waals surface area contributed by atoms with Crippen molar-refractivity contribution in [3.8, 4) is 11.5 Å².